The maximum Gasteiger partial charge on any atom is 0.123 e. The van der Waals surface area contributed by atoms with Crippen LogP contribution in [0.15, 0.2) is 18.2 Å². The van der Waals surface area contributed by atoms with Gasteiger partial charge in [-0.05, 0) is 61.9 Å². The maximum absolute atomic E-state index is 13.3. The molecule has 2 rings (SSSR count). The zero-order valence-electron chi connectivity index (χ0n) is 10.3. The van der Waals surface area contributed by atoms with Crippen LogP contribution >= 0.6 is 0 Å². The SMILES string of the molecule is CNC1CCC(C)(c2cc(F)ccc2C)C1. The van der Waals surface area contributed by atoms with Gasteiger partial charge in [-0.15, -0.1) is 0 Å². The molecule has 1 saturated carbocycles. The molecule has 0 aromatic heterocycles. The van der Waals surface area contributed by atoms with Gasteiger partial charge in [0.05, 0.1) is 0 Å². The summed E-state index contributed by atoms with van der Waals surface area (Å²) in [5, 5.41) is 3.33. The lowest BCUT2D eigenvalue weighted by Gasteiger charge is -2.27. The number of rotatable bonds is 2. The van der Waals surface area contributed by atoms with Crippen LogP contribution in [0.1, 0.15) is 37.3 Å². The summed E-state index contributed by atoms with van der Waals surface area (Å²) in [5.74, 6) is -0.116. The summed E-state index contributed by atoms with van der Waals surface area (Å²) in [4.78, 5) is 0. The molecule has 1 aliphatic rings. The zero-order valence-corrected chi connectivity index (χ0v) is 10.3. The van der Waals surface area contributed by atoms with Crippen LogP contribution in [0.4, 0.5) is 4.39 Å². The van der Waals surface area contributed by atoms with Crippen molar-refractivity contribution in [2.45, 2.75) is 44.6 Å². The first-order valence-corrected chi connectivity index (χ1v) is 5.99. The maximum atomic E-state index is 13.3. The van der Waals surface area contributed by atoms with Crippen LogP contribution in [0.3, 0.4) is 0 Å². The van der Waals surface area contributed by atoms with Crippen molar-refractivity contribution in [3.63, 3.8) is 0 Å². The van der Waals surface area contributed by atoms with Crippen molar-refractivity contribution in [3.8, 4) is 0 Å². The Morgan fingerprint density at radius 1 is 1.44 bits per heavy atom. The highest BCUT2D eigenvalue weighted by Crippen LogP contribution is 2.42. The monoisotopic (exact) mass is 221 g/mol. The Bertz CT molecular complexity index is 388. The molecule has 1 aliphatic carbocycles. The number of halogens is 1. The molecular weight excluding hydrogens is 201 g/mol. The van der Waals surface area contributed by atoms with E-state index in [1.807, 2.05) is 13.1 Å². The van der Waals surface area contributed by atoms with Crippen molar-refractivity contribution >= 4 is 0 Å². The normalized spacial score (nSPS) is 29.6. The van der Waals surface area contributed by atoms with Crippen LogP contribution < -0.4 is 5.32 Å². The standard InChI is InChI=1S/C14H20FN/c1-10-4-5-11(15)8-13(10)14(2)7-6-12(9-14)16-3/h4-5,8,12,16H,6-7,9H2,1-3H3. The Kier molecular flexibility index (Phi) is 3.02. The molecule has 2 unspecified atom stereocenters. The third-order valence-electron chi connectivity index (χ3n) is 4.00. The predicted molar refractivity (Wildman–Crippen MR) is 65.2 cm³/mol. The molecule has 88 valence electrons. The summed E-state index contributed by atoms with van der Waals surface area (Å²) in [6.45, 7) is 4.33. The third-order valence-corrected chi connectivity index (χ3v) is 4.00. The molecule has 16 heavy (non-hydrogen) atoms. The average molecular weight is 221 g/mol. The van der Waals surface area contributed by atoms with E-state index in [1.165, 1.54) is 17.5 Å². The molecule has 1 nitrogen and oxygen atoms in total. The Balaban J connectivity index is 2.33. The van der Waals surface area contributed by atoms with Gasteiger partial charge in [0.2, 0.25) is 0 Å². The highest BCUT2D eigenvalue weighted by atomic mass is 19.1. The minimum atomic E-state index is -0.116. The van der Waals surface area contributed by atoms with Crippen LogP contribution in [0.25, 0.3) is 0 Å². The van der Waals surface area contributed by atoms with Crippen molar-refractivity contribution in [1.29, 1.82) is 0 Å². The van der Waals surface area contributed by atoms with Crippen molar-refractivity contribution in [2.24, 2.45) is 0 Å². The summed E-state index contributed by atoms with van der Waals surface area (Å²) in [6.07, 6.45) is 3.43. The van der Waals surface area contributed by atoms with Crippen molar-refractivity contribution in [3.05, 3.63) is 35.1 Å². The number of aryl methyl sites for hydroxylation is 1. The molecule has 2 heteroatoms. The van der Waals surface area contributed by atoms with Crippen molar-refractivity contribution in [2.75, 3.05) is 7.05 Å². The van der Waals surface area contributed by atoms with Gasteiger partial charge in [0.1, 0.15) is 5.82 Å². The van der Waals surface area contributed by atoms with E-state index in [-0.39, 0.29) is 11.2 Å². The lowest BCUT2D eigenvalue weighted by atomic mass is 9.78. The molecular formula is C14H20FN. The van der Waals surface area contributed by atoms with E-state index >= 15 is 0 Å². The fourth-order valence-corrected chi connectivity index (χ4v) is 2.98. The number of benzene rings is 1. The lowest BCUT2D eigenvalue weighted by molar-refractivity contribution is 0.461. The minimum absolute atomic E-state index is 0.116. The Morgan fingerprint density at radius 2 is 2.19 bits per heavy atom. The second-order valence-corrected chi connectivity index (χ2v) is 5.25. The molecule has 0 heterocycles. The van der Waals surface area contributed by atoms with Gasteiger partial charge in [-0.2, -0.15) is 0 Å². The molecule has 0 saturated heterocycles. The van der Waals surface area contributed by atoms with E-state index in [1.54, 1.807) is 12.1 Å². The Labute approximate surface area is 97.1 Å². The van der Waals surface area contributed by atoms with Crippen LogP contribution in [-0.2, 0) is 5.41 Å². The van der Waals surface area contributed by atoms with Gasteiger partial charge in [0.15, 0.2) is 0 Å². The molecule has 0 amide bonds. The van der Waals surface area contributed by atoms with Gasteiger partial charge in [-0.3, -0.25) is 0 Å². The molecule has 1 aromatic carbocycles. The van der Waals surface area contributed by atoms with Crippen LogP contribution in [-0.4, -0.2) is 13.1 Å². The Hall–Kier alpha value is -0.890. The fraction of sp³-hybridized carbons (Fsp3) is 0.571. The average Bonchev–Trinajstić information content (AvgIpc) is 2.65. The molecule has 0 aliphatic heterocycles. The van der Waals surface area contributed by atoms with E-state index in [2.05, 4.69) is 19.2 Å². The Morgan fingerprint density at radius 3 is 2.81 bits per heavy atom. The van der Waals surface area contributed by atoms with Crippen LogP contribution in [0.2, 0.25) is 0 Å². The topological polar surface area (TPSA) is 12.0 Å². The van der Waals surface area contributed by atoms with Gasteiger partial charge in [-0.1, -0.05) is 13.0 Å². The molecule has 1 aromatic rings. The third kappa shape index (κ3) is 1.99. The smallest absolute Gasteiger partial charge is 0.123 e. The number of hydrogen-bond acceptors (Lipinski definition) is 1. The summed E-state index contributed by atoms with van der Waals surface area (Å²) in [5.41, 5.74) is 2.53. The van der Waals surface area contributed by atoms with Gasteiger partial charge in [-0.25, -0.2) is 4.39 Å². The first kappa shape index (κ1) is 11.6. The summed E-state index contributed by atoms with van der Waals surface area (Å²) < 4.78 is 13.3. The van der Waals surface area contributed by atoms with Gasteiger partial charge < -0.3 is 5.32 Å². The predicted octanol–water partition coefficient (Wildman–Crippen LogP) is 3.16. The van der Waals surface area contributed by atoms with E-state index in [0.29, 0.717) is 6.04 Å². The summed E-state index contributed by atoms with van der Waals surface area (Å²) in [7, 11) is 2.01. The van der Waals surface area contributed by atoms with Crippen molar-refractivity contribution in [1.82, 2.24) is 5.32 Å². The summed E-state index contributed by atoms with van der Waals surface area (Å²) >= 11 is 0. The summed E-state index contributed by atoms with van der Waals surface area (Å²) in [6, 6.07) is 5.73. The van der Waals surface area contributed by atoms with E-state index in [4.69, 9.17) is 0 Å². The minimum Gasteiger partial charge on any atom is -0.317 e. The first-order valence-electron chi connectivity index (χ1n) is 5.99. The quantitative estimate of drug-likeness (QED) is 0.809. The molecule has 0 spiro atoms. The molecule has 2 atom stereocenters. The number of nitrogens with one attached hydrogen (secondary N) is 1. The molecule has 0 radical (unpaired) electrons. The van der Waals surface area contributed by atoms with Gasteiger partial charge in [0.25, 0.3) is 0 Å². The largest absolute Gasteiger partial charge is 0.317 e. The van der Waals surface area contributed by atoms with E-state index in [0.717, 1.165) is 12.8 Å². The highest BCUT2D eigenvalue weighted by Gasteiger charge is 2.36. The highest BCUT2D eigenvalue weighted by molar-refractivity contribution is 5.34. The molecule has 1 fully saturated rings. The number of hydrogen-bond donors (Lipinski definition) is 1. The zero-order chi connectivity index (χ0) is 11.8. The first-order chi connectivity index (χ1) is 7.55. The van der Waals surface area contributed by atoms with E-state index < -0.39 is 0 Å². The second kappa shape index (κ2) is 4.17. The second-order valence-electron chi connectivity index (χ2n) is 5.25. The molecule has 0 bridgehead atoms. The van der Waals surface area contributed by atoms with Crippen LogP contribution in [0.5, 0.6) is 0 Å². The molecule has 1 N–H and O–H groups in total. The van der Waals surface area contributed by atoms with Crippen molar-refractivity contribution < 1.29 is 4.39 Å². The lowest BCUT2D eigenvalue weighted by Crippen LogP contribution is -2.26. The fourth-order valence-electron chi connectivity index (χ4n) is 2.98. The van der Waals surface area contributed by atoms with Gasteiger partial charge in [0, 0.05) is 6.04 Å². The van der Waals surface area contributed by atoms with Gasteiger partial charge >= 0.3 is 0 Å². The van der Waals surface area contributed by atoms with E-state index in [9.17, 15) is 4.39 Å². The van der Waals surface area contributed by atoms with Crippen LogP contribution in [0, 0.1) is 12.7 Å².